The van der Waals surface area contributed by atoms with Gasteiger partial charge in [-0.1, -0.05) is 212 Å². The van der Waals surface area contributed by atoms with Crippen molar-refractivity contribution in [3.8, 4) is 95.3 Å². The molecule has 7 heterocycles. The van der Waals surface area contributed by atoms with Crippen LogP contribution in [-0.2, 0) is 0 Å². The van der Waals surface area contributed by atoms with Gasteiger partial charge in [0.15, 0.2) is 5.82 Å². The zero-order valence-electron chi connectivity index (χ0n) is 60.2. The lowest BCUT2D eigenvalue weighted by Crippen LogP contribution is -1.98. The molecule has 0 N–H and O–H groups in total. The summed E-state index contributed by atoms with van der Waals surface area (Å²) in [4.78, 5) is 11.1. The van der Waals surface area contributed by atoms with Crippen LogP contribution in [0.15, 0.2) is 383 Å². The predicted molar refractivity (Wildman–Crippen MR) is 462 cm³/mol. The number of fused-ring (bicyclic) bond motifs is 19. The Hall–Kier alpha value is -15.1. The molecule has 24 rings (SSSR count). The Morgan fingerprint density at radius 1 is 0.170 bits per heavy atom. The molecule has 0 aliphatic rings. The largest absolute Gasteiger partial charge is 0.456 e. The van der Waals surface area contributed by atoms with Crippen LogP contribution < -0.4 is 0 Å². The highest BCUT2D eigenvalue weighted by Gasteiger charge is 2.22. The Labute approximate surface area is 640 Å². The van der Waals surface area contributed by atoms with Crippen LogP contribution >= 0.6 is 0 Å². The Bertz CT molecular complexity index is 8080. The molecule has 0 amide bonds. The van der Waals surface area contributed by atoms with Crippen molar-refractivity contribution < 1.29 is 13.3 Å². The van der Waals surface area contributed by atoms with Crippen LogP contribution in [0.2, 0.25) is 0 Å². The fourth-order valence-electron chi connectivity index (χ4n) is 17.9. The van der Waals surface area contributed by atoms with Crippen molar-refractivity contribution in [1.29, 1.82) is 0 Å². The minimum absolute atomic E-state index is 0.644. The molecule has 0 saturated heterocycles. The minimum atomic E-state index is 0.644. The van der Waals surface area contributed by atoms with E-state index in [-0.39, 0.29) is 0 Å². The summed E-state index contributed by atoms with van der Waals surface area (Å²) < 4.78 is 25.9. The van der Waals surface area contributed by atoms with Gasteiger partial charge in [-0.25, -0.2) is 9.97 Å². The van der Waals surface area contributed by atoms with Crippen molar-refractivity contribution in [2.75, 3.05) is 0 Å². The molecule has 0 aliphatic carbocycles. The van der Waals surface area contributed by atoms with Crippen molar-refractivity contribution in [3.05, 3.63) is 370 Å². The maximum absolute atomic E-state index is 6.26. The van der Waals surface area contributed by atoms with E-state index in [0.717, 1.165) is 199 Å². The number of aromatic nitrogens is 5. The van der Waals surface area contributed by atoms with E-state index in [1.54, 1.807) is 0 Å². The molecule has 17 aromatic carbocycles. The first kappa shape index (κ1) is 62.0. The molecular formula is C104H61N5O3. The fourth-order valence-corrected chi connectivity index (χ4v) is 17.9. The Morgan fingerprint density at radius 3 is 0.920 bits per heavy atom. The second kappa shape index (κ2) is 24.2. The molecule has 24 aromatic rings. The average Bonchev–Trinajstić information content (AvgIpc) is 1.59. The Kier molecular flexibility index (Phi) is 13.4. The van der Waals surface area contributed by atoms with E-state index in [0.29, 0.717) is 5.82 Å². The summed E-state index contributed by atoms with van der Waals surface area (Å²) in [7, 11) is 0. The van der Waals surface area contributed by atoms with Crippen LogP contribution in [-0.4, -0.2) is 23.7 Å². The third kappa shape index (κ3) is 9.68. The Balaban J connectivity index is 0.602. The van der Waals surface area contributed by atoms with Gasteiger partial charge in [0.1, 0.15) is 33.5 Å². The normalized spacial score (nSPS) is 12.1. The third-order valence-electron chi connectivity index (χ3n) is 23.3. The molecule has 0 unspecified atom stereocenters. The van der Waals surface area contributed by atoms with E-state index in [2.05, 4.69) is 347 Å². The van der Waals surface area contributed by atoms with Crippen LogP contribution in [0.4, 0.5) is 0 Å². The zero-order chi connectivity index (χ0) is 73.2. The van der Waals surface area contributed by atoms with Gasteiger partial charge in [0, 0.05) is 98.2 Å². The molecule has 0 saturated carbocycles. The van der Waals surface area contributed by atoms with E-state index < -0.39 is 0 Å². The molecule has 0 bridgehead atoms. The van der Waals surface area contributed by atoms with Crippen LogP contribution in [0.1, 0.15) is 0 Å². The Morgan fingerprint density at radius 2 is 0.473 bits per heavy atom. The van der Waals surface area contributed by atoms with Gasteiger partial charge in [0.05, 0.1) is 44.3 Å². The number of rotatable bonds is 10. The number of benzene rings is 17. The highest BCUT2D eigenvalue weighted by atomic mass is 16.3. The van der Waals surface area contributed by atoms with Crippen molar-refractivity contribution in [3.63, 3.8) is 0 Å². The SMILES string of the molecule is c1cc(-c2ccc3nc(-c4ccc(-c5ccc(-n6c7ccccc7c7cc(-c8ccc9oc%10ccccc%10c9c8)ccc76)cc5)cc4)nc(-c4cccc(-n5c6ccccc6c6cc(-c7ccc8oc9ccccc9c8c7)ccc65)c4)c3c2)cc(-n2c3ccccc3c3cc(-c4ccc5oc6ccccc6c5c4)ccc32)c1. The van der Waals surface area contributed by atoms with Crippen LogP contribution in [0.25, 0.3) is 237 Å². The van der Waals surface area contributed by atoms with Crippen molar-refractivity contribution in [1.82, 2.24) is 23.7 Å². The zero-order valence-corrected chi connectivity index (χ0v) is 60.2. The first-order chi connectivity index (χ1) is 55.4. The average molecular weight is 1430 g/mol. The monoisotopic (exact) mass is 1430 g/mol. The molecule has 0 fully saturated rings. The molecule has 0 atom stereocenters. The number of hydrogen-bond acceptors (Lipinski definition) is 5. The first-order valence-corrected chi connectivity index (χ1v) is 38.0. The summed E-state index contributed by atoms with van der Waals surface area (Å²) in [5.74, 6) is 0.644. The van der Waals surface area contributed by atoms with Gasteiger partial charge in [-0.15, -0.1) is 0 Å². The molecule has 7 aromatic heterocycles. The van der Waals surface area contributed by atoms with Crippen LogP contribution in [0.3, 0.4) is 0 Å². The van der Waals surface area contributed by atoms with Crippen LogP contribution in [0.5, 0.6) is 0 Å². The topological polar surface area (TPSA) is 80.0 Å². The minimum Gasteiger partial charge on any atom is -0.456 e. The summed E-state index contributed by atoms with van der Waals surface area (Å²) >= 11 is 0. The summed E-state index contributed by atoms with van der Waals surface area (Å²) in [6.07, 6.45) is 0. The number of para-hydroxylation sites is 6. The van der Waals surface area contributed by atoms with Crippen LogP contribution in [0, 0.1) is 0 Å². The van der Waals surface area contributed by atoms with Gasteiger partial charge >= 0.3 is 0 Å². The lowest BCUT2D eigenvalue weighted by Gasteiger charge is -2.14. The van der Waals surface area contributed by atoms with Gasteiger partial charge < -0.3 is 27.0 Å². The second-order valence-corrected chi connectivity index (χ2v) is 29.5. The molecule has 8 nitrogen and oxygen atoms in total. The van der Waals surface area contributed by atoms with E-state index in [4.69, 9.17) is 23.2 Å². The van der Waals surface area contributed by atoms with Gasteiger partial charge in [0.25, 0.3) is 0 Å². The van der Waals surface area contributed by atoms with E-state index in [9.17, 15) is 0 Å². The molecule has 520 valence electrons. The molecule has 0 spiro atoms. The lowest BCUT2D eigenvalue weighted by atomic mass is 9.99. The summed E-state index contributed by atoms with van der Waals surface area (Å²) in [5, 5.41) is 14.8. The maximum Gasteiger partial charge on any atom is 0.160 e. The lowest BCUT2D eigenvalue weighted by molar-refractivity contribution is 0.668. The number of furan rings is 3. The summed E-state index contributed by atoms with van der Waals surface area (Å²) in [6, 6.07) is 133. The number of hydrogen-bond donors (Lipinski definition) is 0. The van der Waals surface area contributed by atoms with Crippen molar-refractivity contribution in [2.24, 2.45) is 0 Å². The quantitative estimate of drug-likeness (QED) is 0.136. The molecule has 0 radical (unpaired) electrons. The number of nitrogens with zero attached hydrogens (tertiary/aromatic N) is 5. The molecule has 8 heteroatoms. The molecular weight excluding hydrogens is 1370 g/mol. The molecule has 112 heavy (non-hydrogen) atoms. The standard InChI is InChI=1S/C104H61N5O3/c1-7-25-91-77(19-1)83-55-67(70-41-50-100-86(58-70)80-22-4-10-28-97(80)110-100)38-47-94(83)107(91)74-44-35-63(36-45-74)62-31-33-64(34-32-62)104-105-90-46-37-66(65-15-13-17-75(53-65)108-92-26-8-2-20-78(92)84-56-68(39-48-95(84)108)71-42-51-101-87(59-71)81-23-5-11-29-98(81)111-101)61-89(90)103(106-104)73-16-14-18-76(54-73)109-93-27-9-3-21-79(93)85-57-69(40-49-96(85)109)72-43-52-102-88(60-72)82-24-6-12-30-99(82)112-102/h1-61H. The first-order valence-electron chi connectivity index (χ1n) is 38.0. The fraction of sp³-hybridized carbons (Fsp3) is 0. The molecule has 0 aliphatic heterocycles. The smallest absolute Gasteiger partial charge is 0.160 e. The highest BCUT2D eigenvalue weighted by molar-refractivity contribution is 6.16. The van der Waals surface area contributed by atoms with Gasteiger partial charge in [-0.05, 0) is 213 Å². The summed E-state index contributed by atoms with van der Waals surface area (Å²) in [6.45, 7) is 0. The maximum atomic E-state index is 6.26. The van der Waals surface area contributed by atoms with E-state index in [1.807, 2.05) is 36.4 Å². The summed E-state index contributed by atoms with van der Waals surface area (Å²) in [5.41, 5.74) is 30.2. The van der Waals surface area contributed by atoms with Gasteiger partial charge in [0.2, 0.25) is 0 Å². The van der Waals surface area contributed by atoms with Gasteiger partial charge in [-0.3, -0.25) is 0 Å². The van der Waals surface area contributed by atoms with E-state index in [1.165, 1.54) is 32.3 Å². The van der Waals surface area contributed by atoms with Crippen molar-refractivity contribution in [2.45, 2.75) is 0 Å². The highest BCUT2D eigenvalue weighted by Crippen LogP contribution is 2.45. The van der Waals surface area contributed by atoms with E-state index >= 15 is 0 Å². The predicted octanol–water partition coefficient (Wildman–Crippen LogP) is 28.3. The second-order valence-electron chi connectivity index (χ2n) is 29.5. The van der Waals surface area contributed by atoms with Gasteiger partial charge in [-0.2, -0.15) is 0 Å². The third-order valence-corrected chi connectivity index (χ3v) is 23.3. The van der Waals surface area contributed by atoms with Crippen molar-refractivity contribution >= 4 is 142 Å².